The molecule has 8 heteroatoms. The molecule has 31 heavy (non-hydrogen) atoms. The lowest BCUT2D eigenvalue weighted by Gasteiger charge is -2.16. The highest BCUT2D eigenvalue weighted by Crippen LogP contribution is 2.37. The van der Waals surface area contributed by atoms with E-state index < -0.39 is 10.0 Å². The highest BCUT2D eigenvalue weighted by molar-refractivity contribution is 9.10. The molecule has 0 fully saturated rings. The smallest absolute Gasteiger partial charge is 0.238 e. The first-order valence-electron chi connectivity index (χ1n) is 9.76. The normalized spacial score (nSPS) is 11.2. The first-order chi connectivity index (χ1) is 14.8. The van der Waals surface area contributed by atoms with Gasteiger partial charge in [0.15, 0.2) is 11.5 Å². The number of halogens is 1. The summed E-state index contributed by atoms with van der Waals surface area (Å²) >= 11 is 3.60. The summed E-state index contributed by atoms with van der Waals surface area (Å²) in [7, 11) is -3.70. The Balaban J connectivity index is 1.72. The van der Waals surface area contributed by atoms with Crippen molar-refractivity contribution in [2.75, 3.05) is 11.9 Å². The molecule has 0 spiro atoms. The molecule has 3 aromatic carbocycles. The molecular formula is C23H25BrN2O4S. The monoisotopic (exact) mass is 504 g/mol. The number of anilines is 1. The summed E-state index contributed by atoms with van der Waals surface area (Å²) in [5, 5.41) is 8.40. The fourth-order valence-corrected chi connectivity index (χ4v) is 4.05. The van der Waals surface area contributed by atoms with Crippen LogP contribution in [0.2, 0.25) is 0 Å². The average Bonchev–Trinajstić information content (AvgIpc) is 2.73. The topological polar surface area (TPSA) is 90.6 Å². The van der Waals surface area contributed by atoms with E-state index in [2.05, 4.69) is 40.3 Å². The van der Waals surface area contributed by atoms with Gasteiger partial charge in [-0.05, 0) is 77.3 Å². The molecule has 0 aliphatic heterocycles. The Kier molecular flexibility index (Phi) is 7.59. The van der Waals surface area contributed by atoms with E-state index in [1.54, 1.807) is 12.1 Å². The molecule has 6 nitrogen and oxygen atoms in total. The van der Waals surface area contributed by atoms with Crippen molar-refractivity contribution in [2.45, 2.75) is 31.9 Å². The highest BCUT2D eigenvalue weighted by Gasteiger charge is 2.13. The predicted octanol–water partition coefficient (Wildman–Crippen LogP) is 4.99. The van der Waals surface area contributed by atoms with Crippen LogP contribution in [-0.2, 0) is 23.2 Å². The van der Waals surface area contributed by atoms with Crippen molar-refractivity contribution in [1.82, 2.24) is 0 Å². The summed E-state index contributed by atoms with van der Waals surface area (Å²) in [6, 6.07) is 18.4. The fraction of sp³-hybridized carbons (Fsp3) is 0.217. The van der Waals surface area contributed by atoms with Gasteiger partial charge in [-0.25, -0.2) is 13.6 Å². The van der Waals surface area contributed by atoms with Gasteiger partial charge in [-0.1, -0.05) is 29.8 Å². The molecule has 0 bridgehead atoms. The summed E-state index contributed by atoms with van der Waals surface area (Å²) in [4.78, 5) is 0.0782. The molecule has 0 heterocycles. The molecule has 3 aromatic rings. The van der Waals surface area contributed by atoms with Crippen LogP contribution in [0.1, 0.15) is 23.6 Å². The molecule has 3 rings (SSSR count). The molecule has 0 amide bonds. The number of nitrogens with one attached hydrogen (secondary N) is 1. The van der Waals surface area contributed by atoms with Crippen molar-refractivity contribution in [2.24, 2.45) is 5.14 Å². The van der Waals surface area contributed by atoms with Crippen molar-refractivity contribution in [3.63, 3.8) is 0 Å². The maximum atomic E-state index is 11.4. The van der Waals surface area contributed by atoms with Crippen LogP contribution in [0.25, 0.3) is 0 Å². The number of primary sulfonamides is 1. The molecule has 0 radical (unpaired) electrons. The SMILES string of the molecule is CCOc1cc(CNc2ccc(S(N)(=O)=O)cc2)cc(Br)c1OCc1ccc(C)cc1. The lowest BCUT2D eigenvalue weighted by molar-refractivity contribution is 0.267. The Hall–Kier alpha value is -2.55. The fourth-order valence-electron chi connectivity index (χ4n) is 2.93. The minimum Gasteiger partial charge on any atom is -0.490 e. The van der Waals surface area contributed by atoms with Gasteiger partial charge < -0.3 is 14.8 Å². The number of benzene rings is 3. The van der Waals surface area contributed by atoms with Crippen molar-refractivity contribution >= 4 is 31.6 Å². The lowest BCUT2D eigenvalue weighted by Crippen LogP contribution is -2.12. The number of sulfonamides is 1. The van der Waals surface area contributed by atoms with Crippen LogP contribution < -0.4 is 19.9 Å². The van der Waals surface area contributed by atoms with Gasteiger partial charge in [0.05, 0.1) is 16.0 Å². The molecule has 0 saturated carbocycles. The second-order valence-electron chi connectivity index (χ2n) is 7.04. The Morgan fingerprint density at radius 1 is 0.968 bits per heavy atom. The Labute approximate surface area is 191 Å². The van der Waals surface area contributed by atoms with Crippen molar-refractivity contribution in [3.8, 4) is 11.5 Å². The van der Waals surface area contributed by atoms with Crippen LogP contribution in [0.5, 0.6) is 11.5 Å². The van der Waals surface area contributed by atoms with Crippen LogP contribution in [0.3, 0.4) is 0 Å². The minimum absolute atomic E-state index is 0.0782. The third kappa shape index (κ3) is 6.46. The molecule has 0 aliphatic rings. The van der Waals surface area contributed by atoms with Crippen LogP contribution in [0.15, 0.2) is 70.0 Å². The summed E-state index contributed by atoms with van der Waals surface area (Å²) in [6.45, 7) is 5.45. The first kappa shape index (κ1) is 23.1. The van der Waals surface area contributed by atoms with Gasteiger partial charge in [-0.3, -0.25) is 0 Å². The molecule has 0 aliphatic carbocycles. The predicted molar refractivity (Wildman–Crippen MR) is 126 cm³/mol. The van der Waals surface area contributed by atoms with E-state index in [1.165, 1.54) is 17.7 Å². The molecule has 0 unspecified atom stereocenters. The number of nitrogens with two attached hydrogens (primary N) is 1. The zero-order valence-corrected chi connectivity index (χ0v) is 19.8. The van der Waals surface area contributed by atoms with E-state index in [0.29, 0.717) is 31.3 Å². The molecular weight excluding hydrogens is 480 g/mol. The zero-order valence-electron chi connectivity index (χ0n) is 17.4. The molecule has 0 aromatic heterocycles. The van der Waals surface area contributed by atoms with Gasteiger partial charge in [-0.2, -0.15) is 0 Å². The standard InChI is InChI=1S/C23H25BrN2O4S/c1-3-29-22-13-18(14-26-19-8-10-20(11-9-19)31(25,27)28)12-21(24)23(22)30-15-17-6-4-16(2)5-7-17/h4-13,26H,3,14-15H2,1-2H3,(H2,25,27,28). The van der Waals surface area contributed by atoms with E-state index in [4.69, 9.17) is 14.6 Å². The average molecular weight is 505 g/mol. The second-order valence-corrected chi connectivity index (χ2v) is 9.45. The maximum Gasteiger partial charge on any atom is 0.238 e. The summed E-state index contributed by atoms with van der Waals surface area (Å²) in [5.74, 6) is 1.31. The van der Waals surface area contributed by atoms with E-state index in [0.717, 1.165) is 21.3 Å². The van der Waals surface area contributed by atoms with E-state index in [-0.39, 0.29) is 4.90 Å². The van der Waals surface area contributed by atoms with E-state index in [9.17, 15) is 8.42 Å². The Morgan fingerprint density at radius 3 is 2.26 bits per heavy atom. The van der Waals surface area contributed by atoms with Crippen LogP contribution in [0.4, 0.5) is 5.69 Å². The number of aryl methyl sites for hydroxylation is 1. The van der Waals surface area contributed by atoms with E-state index in [1.807, 2.05) is 31.2 Å². The number of rotatable bonds is 9. The van der Waals surface area contributed by atoms with Crippen LogP contribution in [-0.4, -0.2) is 15.0 Å². The Morgan fingerprint density at radius 2 is 1.65 bits per heavy atom. The first-order valence-corrected chi connectivity index (χ1v) is 12.1. The number of hydrogen-bond acceptors (Lipinski definition) is 5. The highest BCUT2D eigenvalue weighted by atomic mass is 79.9. The lowest BCUT2D eigenvalue weighted by atomic mass is 10.1. The molecule has 0 saturated heterocycles. The van der Waals surface area contributed by atoms with E-state index >= 15 is 0 Å². The van der Waals surface area contributed by atoms with Gasteiger partial charge in [0.2, 0.25) is 10.0 Å². The van der Waals surface area contributed by atoms with Crippen LogP contribution in [0, 0.1) is 6.92 Å². The van der Waals surface area contributed by atoms with Gasteiger partial charge in [0, 0.05) is 12.2 Å². The second kappa shape index (κ2) is 10.2. The Bertz CT molecular complexity index is 1130. The quantitative estimate of drug-likeness (QED) is 0.428. The van der Waals surface area contributed by atoms with Gasteiger partial charge in [-0.15, -0.1) is 0 Å². The number of ether oxygens (including phenoxy) is 2. The summed E-state index contributed by atoms with van der Waals surface area (Å²) in [5.41, 5.74) is 4.04. The van der Waals surface area contributed by atoms with Crippen molar-refractivity contribution in [1.29, 1.82) is 0 Å². The largest absolute Gasteiger partial charge is 0.490 e. The van der Waals surface area contributed by atoms with Crippen LogP contribution >= 0.6 is 15.9 Å². The van der Waals surface area contributed by atoms with Crippen molar-refractivity contribution < 1.29 is 17.9 Å². The van der Waals surface area contributed by atoms with Gasteiger partial charge >= 0.3 is 0 Å². The molecule has 3 N–H and O–H groups in total. The third-order valence-corrected chi connectivity index (χ3v) is 6.07. The summed E-state index contributed by atoms with van der Waals surface area (Å²) < 4.78 is 35.4. The zero-order chi connectivity index (χ0) is 22.4. The third-order valence-electron chi connectivity index (χ3n) is 4.55. The van der Waals surface area contributed by atoms with Gasteiger partial charge in [0.25, 0.3) is 0 Å². The number of hydrogen-bond donors (Lipinski definition) is 2. The van der Waals surface area contributed by atoms with Crippen molar-refractivity contribution in [3.05, 3.63) is 81.8 Å². The molecule has 0 atom stereocenters. The minimum atomic E-state index is -3.70. The van der Waals surface area contributed by atoms with Gasteiger partial charge in [0.1, 0.15) is 6.61 Å². The maximum absolute atomic E-state index is 11.4. The molecule has 164 valence electrons. The summed E-state index contributed by atoms with van der Waals surface area (Å²) in [6.07, 6.45) is 0.